The number of benzene rings is 1. The highest BCUT2D eigenvalue weighted by molar-refractivity contribution is 5.95. The first-order chi connectivity index (χ1) is 7.57. The molecule has 16 heavy (non-hydrogen) atoms. The maximum atomic E-state index is 10.8. The smallest absolute Gasteiger partial charge is 0.342 e. The summed E-state index contributed by atoms with van der Waals surface area (Å²) in [4.78, 5) is 20.9. The summed E-state index contributed by atoms with van der Waals surface area (Å²) in [5, 5.41) is 22.3. The number of rotatable bonds is 5. The molecule has 0 aliphatic heterocycles. The molecule has 2 N–H and O–H groups in total. The van der Waals surface area contributed by atoms with Gasteiger partial charge in [-0.2, -0.15) is 0 Å². The van der Waals surface area contributed by atoms with Crippen LogP contribution in [0.2, 0.25) is 0 Å². The summed E-state index contributed by atoms with van der Waals surface area (Å²) < 4.78 is 0. The SMILES string of the molecule is C=CCNc1cccc(C(=O)O)c1[N+](=O)[O-]. The van der Waals surface area contributed by atoms with Crippen molar-refractivity contribution in [1.29, 1.82) is 0 Å². The van der Waals surface area contributed by atoms with Gasteiger partial charge in [0.15, 0.2) is 0 Å². The molecule has 1 aromatic rings. The van der Waals surface area contributed by atoms with E-state index in [9.17, 15) is 14.9 Å². The van der Waals surface area contributed by atoms with E-state index in [4.69, 9.17) is 5.11 Å². The first kappa shape index (κ1) is 11.7. The van der Waals surface area contributed by atoms with Crippen LogP contribution in [0.15, 0.2) is 30.9 Å². The van der Waals surface area contributed by atoms with Gasteiger partial charge in [0.1, 0.15) is 11.3 Å². The van der Waals surface area contributed by atoms with Crippen LogP contribution in [0.4, 0.5) is 11.4 Å². The van der Waals surface area contributed by atoms with Gasteiger partial charge in [-0.1, -0.05) is 12.1 Å². The van der Waals surface area contributed by atoms with Crippen LogP contribution in [0.25, 0.3) is 0 Å². The predicted molar refractivity (Wildman–Crippen MR) is 58.7 cm³/mol. The van der Waals surface area contributed by atoms with E-state index in [2.05, 4.69) is 11.9 Å². The minimum Gasteiger partial charge on any atom is -0.477 e. The summed E-state index contributed by atoms with van der Waals surface area (Å²) in [5.41, 5.74) is -0.597. The van der Waals surface area contributed by atoms with Gasteiger partial charge in [0, 0.05) is 6.54 Å². The van der Waals surface area contributed by atoms with Crippen LogP contribution >= 0.6 is 0 Å². The lowest BCUT2D eigenvalue weighted by Gasteiger charge is -2.06. The predicted octanol–water partition coefficient (Wildman–Crippen LogP) is 1.89. The van der Waals surface area contributed by atoms with E-state index in [-0.39, 0.29) is 11.3 Å². The number of anilines is 1. The number of hydrogen-bond donors (Lipinski definition) is 2. The minimum atomic E-state index is -1.33. The quantitative estimate of drug-likeness (QED) is 0.451. The van der Waals surface area contributed by atoms with Crippen molar-refractivity contribution in [2.75, 3.05) is 11.9 Å². The second kappa shape index (κ2) is 4.92. The maximum absolute atomic E-state index is 10.8. The van der Waals surface area contributed by atoms with Crippen molar-refractivity contribution in [2.24, 2.45) is 0 Å². The molecular formula is C10H10N2O4. The number of nitrogens with zero attached hydrogens (tertiary/aromatic N) is 1. The molecule has 0 saturated carbocycles. The van der Waals surface area contributed by atoms with Gasteiger partial charge < -0.3 is 10.4 Å². The van der Waals surface area contributed by atoms with Gasteiger partial charge in [-0.05, 0) is 12.1 Å². The molecule has 1 rings (SSSR count). The van der Waals surface area contributed by atoms with Gasteiger partial charge in [-0.25, -0.2) is 4.79 Å². The van der Waals surface area contributed by atoms with Crippen LogP contribution < -0.4 is 5.32 Å². The first-order valence-electron chi connectivity index (χ1n) is 4.43. The summed E-state index contributed by atoms with van der Waals surface area (Å²) in [6.07, 6.45) is 1.52. The van der Waals surface area contributed by atoms with E-state index < -0.39 is 16.6 Å². The molecule has 6 nitrogen and oxygen atoms in total. The zero-order valence-electron chi connectivity index (χ0n) is 8.34. The van der Waals surface area contributed by atoms with Crippen LogP contribution in [0.3, 0.4) is 0 Å². The summed E-state index contributed by atoms with van der Waals surface area (Å²) >= 11 is 0. The zero-order valence-corrected chi connectivity index (χ0v) is 8.34. The molecule has 0 heterocycles. The lowest BCUT2D eigenvalue weighted by Crippen LogP contribution is -2.07. The number of nitro groups is 1. The molecule has 84 valence electrons. The molecule has 0 spiro atoms. The van der Waals surface area contributed by atoms with Crippen LogP contribution in [0, 0.1) is 10.1 Å². The number of hydrogen-bond acceptors (Lipinski definition) is 4. The first-order valence-corrected chi connectivity index (χ1v) is 4.43. The van der Waals surface area contributed by atoms with Crippen molar-refractivity contribution in [3.63, 3.8) is 0 Å². The maximum Gasteiger partial charge on any atom is 0.342 e. The van der Waals surface area contributed by atoms with Crippen molar-refractivity contribution in [3.05, 3.63) is 46.5 Å². The minimum absolute atomic E-state index is 0.171. The van der Waals surface area contributed by atoms with E-state index in [1.165, 1.54) is 24.3 Å². The Morgan fingerprint density at radius 3 is 2.81 bits per heavy atom. The molecule has 6 heteroatoms. The Bertz CT molecular complexity index is 442. The van der Waals surface area contributed by atoms with E-state index >= 15 is 0 Å². The van der Waals surface area contributed by atoms with Crippen molar-refractivity contribution in [2.45, 2.75) is 0 Å². The van der Waals surface area contributed by atoms with Crippen LogP contribution in [0.5, 0.6) is 0 Å². The third-order valence-corrected chi connectivity index (χ3v) is 1.89. The molecule has 0 aliphatic carbocycles. The number of nitro benzene ring substituents is 1. The molecule has 0 unspecified atom stereocenters. The molecule has 0 bridgehead atoms. The fourth-order valence-electron chi connectivity index (χ4n) is 1.24. The molecule has 1 aromatic carbocycles. The number of nitrogens with one attached hydrogen (secondary N) is 1. The fourth-order valence-corrected chi connectivity index (χ4v) is 1.24. The second-order valence-electron chi connectivity index (χ2n) is 2.93. The molecule has 0 atom stereocenters. The number of carboxylic acids is 1. The van der Waals surface area contributed by atoms with Gasteiger partial charge in [0.25, 0.3) is 0 Å². The Hall–Kier alpha value is -2.37. The average Bonchev–Trinajstić information content (AvgIpc) is 2.25. The van der Waals surface area contributed by atoms with Gasteiger partial charge in [0.2, 0.25) is 0 Å². The van der Waals surface area contributed by atoms with E-state index in [1.54, 1.807) is 0 Å². The standard InChI is InChI=1S/C10H10N2O4/c1-2-6-11-8-5-3-4-7(10(13)14)9(8)12(15)16/h2-5,11H,1,6H2,(H,13,14). The lowest BCUT2D eigenvalue weighted by molar-refractivity contribution is -0.384. The number of carbonyl (C=O) groups is 1. The number of aromatic carboxylic acids is 1. The van der Waals surface area contributed by atoms with E-state index in [0.717, 1.165) is 0 Å². The lowest BCUT2D eigenvalue weighted by atomic mass is 10.1. The molecule has 0 amide bonds. The molecular weight excluding hydrogens is 212 g/mol. The van der Waals surface area contributed by atoms with Gasteiger partial charge in [-0.3, -0.25) is 10.1 Å². The topological polar surface area (TPSA) is 92.5 Å². The Morgan fingerprint density at radius 2 is 2.31 bits per heavy atom. The highest BCUT2D eigenvalue weighted by Crippen LogP contribution is 2.28. The third-order valence-electron chi connectivity index (χ3n) is 1.89. The number of carboxylic acid groups (broad SMARTS) is 1. The average molecular weight is 222 g/mol. The van der Waals surface area contributed by atoms with Crippen molar-refractivity contribution >= 4 is 17.3 Å². The normalized spacial score (nSPS) is 9.50. The van der Waals surface area contributed by atoms with E-state index in [0.29, 0.717) is 6.54 Å². The molecule has 0 aromatic heterocycles. The second-order valence-corrected chi connectivity index (χ2v) is 2.93. The van der Waals surface area contributed by atoms with E-state index in [1.807, 2.05) is 0 Å². The Labute approximate surface area is 91.4 Å². The summed E-state index contributed by atoms with van der Waals surface area (Å²) in [7, 11) is 0. The van der Waals surface area contributed by atoms with Crippen molar-refractivity contribution in [3.8, 4) is 0 Å². The summed E-state index contributed by atoms with van der Waals surface area (Å²) in [6, 6.07) is 4.09. The zero-order chi connectivity index (χ0) is 12.1. The number of para-hydroxylation sites is 1. The summed E-state index contributed by atoms with van der Waals surface area (Å²) in [5.74, 6) is -1.33. The van der Waals surface area contributed by atoms with Crippen LogP contribution in [-0.4, -0.2) is 22.5 Å². The fraction of sp³-hybridized carbons (Fsp3) is 0.100. The molecule has 0 aliphatic rings. The largest absolute Gasteiger partial charge is 0.477 e. The summed E-state index contributed by atoms with van der Waals surface area (Å²) in [6.45, 7) is 3.78. The third kappa shape index (κ3) is 2.35. The molecule has 0 fully saturated rings. The monoisotopic (exact) mass is 222 g/mol. The van der Waals surface area contributed by atoms with Gasteiger partial charge >= 0.3 is 11.7 Å². The Balaban J connectivity index is 3.26. The Kier molecular flexibility index (Phi) is 3.60. The highest BCUT2D eigenvalue weighted by atomic mass is 16.6. The van der Waals surface area contributed by atoms with Crippen LogP contribution in [-0.2, 0) is 0 Å². The van der Waals surface area contributed by atoms with Gasteiger partial charge in [-0.15, -0.1) is 6.58 Å². The van der Waals surface area contributed by atoms with Crippen molar-refractivity contribution in [1.82, 2.24) is 0 Å². The Morgan fingerprint density at radius 1 is 1.62 bits per heavy atom. The highest BCUT2D eigenvalue weighted by Gasteiger charge is 2.23. The van der Waals surface area contributed by atoms with Crippen molar-refractivity contribution < 1.29 is 14.8 Å². The molecule has 0 radical (unpaired) electrons. The molecule has 0 saturated heterocycles. The van der Waals surface area contributed by atoms with Crippen LogP contribution in [0.1, 0.15) is 10.4 Å². The van der Waals surface area contributed by atoms with Gasteiger partial charge in [0.05, 0.1) is 4.92 Å².